The van der Waals surface area contributed by atoms with Gasteiger partial charge in [0.2, 0.25) is 0 Å². The number of rotatable bonds is 6. The van der Waals surface area contributed by atoms with E-state index in [1.807, 2.05) is 0 Å². The van der Waals surface area contributed by atoms with E-state index in [1.54, 1.807) is 0 Å². The minimum atomic E-state index is -1.93. The molecule has 0 rings (SSSR count). The van der Waals surface area contributed by atoms with Crippen LogP contribution in [0.1, 0.15) is 6.92 Å². The third-order valence-electron chi connectivity index (χ3n) is 1.76. The third-order valence-corrected chi connectivity index (χ3v) is 1.76. The van der Waals surface area contributed by atoms with Crippen LogP contribution in [-0.2, 0) is 14.3 Å². The minimum absolute atomic E-state index is 0.772. The molecule has 0 aromatic rings. The maximum absolute atomic E-state index is 11.1. The van der Waals surface area contributed by atoms with Crippen LogP contribution < -0.4 is 0 Å². The lowest BCUT2D eigenvalue weighted by Crippen LogP contribution is -2.45. The number of carbonyl (C=O) groups excluding carboxylic acids is 1. The molecule has 7 nitrogen and oxygen atoms in total. The first-order valence-corrected chi connectivity index (χ1v) is 4.32. The van der Waals surface area contributed by atoms with Gasteiger partial charge in [-0.2, -0.15) is 0 Å². The van der Waals surface area contributed by atoms with E-state index in [2.05, 4.69) is 9.47 Å². The zero-order chi connectivity index (χ0) is 12.0. The van der Waals surface area contributed by atoms with E-state index in [0.29, 0.717) is 0 Å². The van der Waals surface area contributed by atoms with Crippen LogP contribution in [0.15, 0.2) is 0 Å². The van der Waals surface area contributed by atoms with Crippen LogP contribution in [-0.4, -0.2) is 64.7 Å². The van der Waals surface area contributed by atoms with Crippen molar-refractivity contribution in [3.05, 3.63) is 0 Å². The molecule has 0 saturated heterocycles. The highest BCUT2D eigenvalue weighted by Gasteiger charge is 2.31. The second-order valence-electron chi connectivity index (χ2n) is 2.93. The smallest absolute Gasteiger partial charge is 0.340 e. The summed E-state index contributed by atoms with van der Waals surface area (Å²) < 4.78 is 9.10. The Hall–Kier alpha value is -0.730. The highest BCUT2D eigenvalue weighted by molar-refractivity contribution is 5.75. The van der Waals surface area contributed by atoms with Gasteiger partial charge in [-0.3, -0.25) is 0 Å². The summed E-state index contributed by atoms with van der Waals surface area (Å²) in [4.78, 5) is 11.1. The number of carbonyl (C=O) groups is 1. The largest absolute Gasteiger partial charge is 0.434 e. The number of hydrogen-bond donors (Lipinski definition) is 4. The van der Waals surface area contributed by atoms with E-state index < -0.39 is 37.2 Å². The van der Waals surface area contributed by atoms with Crippen LogP contribution in [0.2, 0.25) is 0 Å². The summed E-state index contributed by atoms with van der Waals surface area (Å²) in [5.74, 6) is -1.13. The summed E-state index contributed by atoms with van der Waals surface area (Å²) >= 11 is 0. The van der Waals surface area contributed by atoms with Gasteiger partial charge in [-0.25, -0.2) is 4.79 Å². The predicted molar refractivity (Wildman–Crippen MR) is 47.7 cm³/mol. The Labute approximate surface area is 86.9 Å². The molecule has 0 amide bonds. The first-order chi connectivity index (χ1) is 6.93. The summed E-state index contributed by atoms with van der Waals surface area (Å²) in [7, 11) is 1.29. The number of aliphatic hydroxyl groups is 4. The average molecular weight is 224 g/mol. The molecular weight excluding hydrogens is 208 g/mol. The fourth-order valence-corrected chi connectivity index (χ4v) is 0.739. The summed E-state index contributed by atoms with van der Waals surface area (Å²) in [6, 6.07) is 0. The van der Waals surface area contributed by atoms with E-state index in [1.165, 1.54) is 14.0 Å². The van der Waals surface area contributed by atoms with Crippen LogP contribution in [0.4, 0.5) is 0 Å². The summed E-state index contributed by atoms with van der Waals surface area (Å²) in [5.41, 5.74) is 0. The van der Waals surface area contributed by atoms with Gasteiger partial charge in [0.05, 0.1) is 6.61 Å². The predicted octanol–water partition coefficient (Wildman–Crippen LogP) is -2.40. The van der Waals surface area contributed by atoms with Crippen molar-refractivity contribution >= 4 is 5.97 Å². The highest BCUT2D eigenvalue weighted by Crippen LogP contribution is 2.04. The topological polar surface area (TPSA) is 116 Å². The highest BCUT2D eigenvalue weighted by atomic mass is 16.7. The quantitative estimate of drug-likeness (QED) is 0.293. The van der Waals surface area contributed by atoms with Crippen molar-refractivity contribution in [3.8, 4) is 0 Å². The molecule has 0 aliphatic carbocycles. The molecule has 0 radical (unpaired) electrons. The van der Waals surface area contributed by atoms with Crippen LogP contribution >= 0.6 is 0 Å². The Bertz CT molecular complexity index is 195. The van der Waals surface area contributed by atoms with Crippen molar-refractivity contribution in [1.82, 2.24) is 0 Å². The zero-order valence-corrected chi connectivity index (χ0v) is 8.53. The van der Waals surface area contributed by atoms with Gasteiger partial charge < -0.3 is 29.9 Å². The molecular formula is C8H16O7. The molecule has 90 valence electrons. The Kier molecular flexibility index (Phi) is 6.37. The van der Waals surface area contributed by atoms with Gasteiger partial charge in [-0.05, 0) is 6.92 Å². The van der Waals surface area contributed by atoms with Gasteiger partial charge >= 0.3 is 5.97 Å². The van der Waals surface area contributed by atoms with Crippen LogP contribution in [0.5, 0.6) is 0 Å². The molecule has 4 N–H and O–H groups in total. The van der Waals surface area contributed by atoms with Gasteiger partial charge in [0.25, 0.3) is 0 Å². The fourth-order valence-electron chi connectivity index (χ4n) is 0.739. The van der Waals surface area contributed by atoms with Gasteiger partial charge in [-0.15, -0.1) is 0 Å². The van der Waals surface area contributed by atoms with Crippen molar-refractivity contribution in [1.29, 1.82) is 0 Å². The van der Waals surface area contributed by atoms with Crippen molar-refractivity contribution in [3.63, 3.8) is 0 Å². The molecule has 0 saturated carbocycles. The first kappa shape index (κ1) is 14.3. The van der Waals surface area contributed by atoms with Crippen LogP contribution in [0.25, 0.3) is 0 Å². The molecule has 0 fully saturated rings. The Morgan fingerprint density at radius 1 is 1.33 bits per heavy atom. The zero-order valence-electron chi connectivity index (χ0n) is 8.53. The molecule has 0 aromatic heterocycles. The lowest BCUT2D eigenvalue weighted by Gasteiger charge is -2.21. The molecule has 1 unspecified atom stereocenters. The van der Waals surface area contributed by atoms with Crippen molar-refractivity contribution in [2.45, 2.75) is 31.5 Å². The standard InChI is InChI=1S/C8H16O7/c1-4(14-2)15-8(13)7(12)6(11)5(10)3-9/h4-7,9-12H,3H2,1-2H3/t4?,5-,6-,7-/m1/s1. The molecule has 4 atom stereocenters. The molecule has 0 aromatic carbocycles. The van der Waals surface area contributed by atoms with Crippen molar-refractivity contribution < 1.29 is 34.7 Å². The number of hydrogen-bond acceptors (Lipinski definition) is 7. The Morgan fingerprint density at radius 2 is 1.87 bits per heavy atom. The summed E-state index contributed by atoms with van der Waals surface area (Å²) in [6.45, 7) is 0.644. The summed E-state index contributed by atoms with van der Waals surface area (Å²) in [6.07, 6.45) is -6.20. The number of aliphatic hydroxyl groups excluding tert-OH is 4. The van der Waals surface area contributed by atoms with E-state index in [9.17, 15) is 9.90 Å². The second-order valence-corrected chi connectivity index (χ2v) is 2.93. The molecule has 7 heteroatoms. The number of ether oxygens (including phenoxy) is 2. The SMILES string of the molecule is COC(C)OC(=O)[C@H](O)[C@H](O)[C@H](O)CO. The van der Waals surface area contributed by atoms with Crippen LogP contribution in [0.3, 0.4) is 0 Å². The lowest BCUT2D eigenvalue weighted by molar-refractivity contribution is -0.189. The van der Waals surface area contributed by atoms with Gasteiger partial charge in [0.1, 0.15) is 12.2 Å². The Morgan fingerprint density at radius 3 is 2.27 bits per heavy atom. The molecule has 0 bridgehead atoms. The summed E-state index contributed by atoms with van der Waals surface area (Å²) in [5, 5.41) is 35.7. The maximum Gasteiger partial charge on any atom is 0.340 e. The van der Waals surface area contributed by atoms with E-state index in [-0.39, 0.29) is 0 Å². The third kappa shape index (κ3) is 4.54. The first-order valence-electron chi connectivity index (χ1n) is 4.32. The average Bonchev–Trinajstić information content (AvgIpc) is 2.25. The van der Waals surface area contributed by atoms with E-state index in [0.717, 1.165) is 0 Å². The number of esters is 1. The van der Waals surface area contributed by atoms with Gasteiger partial charge in [0, 0.05) is 7.11 Å². The maximum atomic E-state index is 11.1. The molecule has 0 spiro atoms. The monoisotopic (exact) mass is 224 g/mol. The van der Waals surface area contributed by atoms with Gasteiger partial charge in [-0.1, -0.05) is 0 Å². The normalized spacial score (nSPS) is 19.1. The van der Waals surface area contributed by atoms with Crippen molar-refractivity contribution in [2.75, 3.05) is 13.7 Å². The molecule has 0 heterocycles. The lowest BCUT2D eigenvalue weighted by atomic mass is 10.1. The molecule has 0 aliphatic rings. The Balaban J connectivity index is 4.19. The molecule has 0 aliphatic heterocycles. The molecule has 15 heavy (non-hydrogen) atoms. The van der Waals surface area contributed by atoms with E-state index >= 15 is 0 Å². The number of methoxy groups -OCH3 is 1. The second kappa shape index (κ2) is 6.70. The van der Waals surface area contributed by atoms with Crippen LogP contribution in [0, 0.1) is 0 Å². The van der Waals surface area contributed by atoms with Crippen molar-refractivity contribution in [2.24, 2.45) is 0 Å². The van der Waals surface area contributed by atoms with E-state index in [4.69, 9.17) is 15.3 Å². The minimum Gasteiger partial charge on any atom is -0.434 e. The van der Waals surface area contributed by atoms with Gasteiger partial charge in [0.15, 0.2) is 12.4 Å². The fraction of sp³-hybridized carbons (Fsp3) is 0.875.